The zero-order chi connectivity index (χ0) is 23.4. The average Bonchev–Trinajstić information content (AvgIpc) is 3.47. The summed E-state index contributed by atoms with van der Waals surface area (Å²) >= 11 is 6.91. The van der Waals surface area contributed by atoms with Gasteiger partial charge in [0, 0.05) is 13.1 Å². The number of rotatable bonds is 8. The first-order chi connectivity index (χ1) is 15.8. The molecule has 2 aromatic carbocycles. The van der Waals surface area contributed by atoms with Gasteiger partial charge in [-0.3, -0.25) is 4.79 Å². The Hall–Kier alpha value is -2.39. The van der Waals surface area contributed by atoms with Crippen LogP contribution in [-0.4, -0.2) is 31.2 Å². The highest BCUT2D eigenvalue weighted by molar-refractivity contribution is 7.91. The monoisotopic (exact) mass is 504 g/mol. The minimum Gasteiger partial charge on any atom is -0.489 e. The molecule has 174 valence electrons. The Morgan fingerprint density at radius 3 is 2.61 bits per heavy atom. The molecule has 0 unspecified atom stereocenters. The van der Waals surface area contributed by atoms with E-state index < -0.39 is 16.1 Å². The van der Waals surface area contributed by atoms with Crippen molar-refractivity contribution < 1.29 is 17.9 Å². The molecule has 1 fully saturated rings. The van der Waals surface area contributed by atoms with Crippen molar-refractivity contribution in [2.75, 3.05) is 6.54 Å². The Morgan fingerprint density at radius 2 is 1.91 bits per heavy atom. The summed E-state index contributed by atoms with van der Waals surface area (Å²) in [6.45, 7) is 3.13. The smallest absolute Gasteiger partial charge is 0.253 e. The maximum atomic E-state index is 12.9. The fraction of sp³-hybridized carbons (Fsp3) is 0.292. The fourth-order valence-electron chi connectivity index (χ4n) is 3.77. The number of amides is 1. The van der Waals surface area contributed by atoms with Crippen molar-refractivity contribution in [2.24, 2.45) is 0 Å². The molecule has 1 aromatic heterocycles. The van der Waals surface area contributed by atoms with Crippen LogP contribution in [0.25, 0.3) is 0 Å². The molecular formula is C24H25ClN2O4S2. The molecule has 0 aliphatic carbocycles. The van der Waals surface area contributed by atoms with Gasteiger partial charge in [0.1, 0.15) is 22.6 Å². The van der Waals surface area contributed by atoms with E-state index in [0.29, 0.717) is 36.9 Å². The number of hydrogen-bond donors (Lipinski definition) is 1. The van der Waals surface area contributed by atoms with Gasteiger partial charge in [-0.15, -0.1) is 11.3 Å². The minimum atomic E-state index is -3.74. The van der Waals surface area contributed by atoms with Crippen LogP contribution in [0.15, 0.2) is 64.9 Å². The molecule has 1 atom stereocenters. The van der Waals surface area contributed by atoms with Gasteiger partial charge in [-0.2, -0.15) is 4.31 Å². The molecule has 33 heavy (non-hydrogen) atoms. The fourth-order valence-corrected chi connectivity index (χ4v) is 7.04. The summed E-state index contributed by atoms with van der Waals surface area (Å²) in [6.07, 6.45) is 1.14. The predicted octanol–water partition coefficient (Wildman–Crippen LogP) is 4.76. The second-order valence-electron chi connectivity index (χ2n) is 7.97. The van der Waals surface area contributed by atoms with Crippen molar-refractivity contribution in [1.82, 2.24) is 9.62 Å². The van der Waals surface area contributed by atoms with E-state index in [1.54, 1.807) is 6.07 Å². The number of thiophene rings is 1. The molecule has 1 aliphatic rings. The van der Waals surface area contributed by atoms with Gasteiger partial charge in [0.2, 0.25) is 5.91 Å². The van der Waals surface area contributed by atoms with E-state index in [-0.39, 0.29) is 10.1 Å². The number of ether oxygens (including phenoxy) is 1. The molecule has 3 aromatic rings. The Balaban J connectivity index is 1.32. The maximum Gasteiger partial charge on any atom is 0.253 e. The molecule has 2 heterocycles. The molecule has 1 saturated heterocycles. The van der Waals surface area contributed by atoms with Crippen LogP contribution in [0.5, 0.6) is 5.75 Å². The zero-order valence-electron chi connectivity index (χ0n) is 18.2. The Labute approximate surface area is 203 Å². The number of hydrogen-bond acceptors (Lipinski definition) is 5. The van der Waals surface area contributed by atoms with Gasteiger partial charge in [-0.25, -0.2) is 8.42 Å². The Bertz CT molecular complexity index is 1230. The minimum absolute atomic E-state index is 0.163. The van der Waals surface area contributed by atoms with E-state index in [0.717, 1.165) is 33.8 Å². The van der Waals surface area contributed by atoms with Gasteiger partial charge in [0.15, 0.2) is 0 Å². The summed E-state index contributed by atoms with van der Waals surface area (Å²) in [5.74, 6) is 0.540. The standard InChI is InChI=1S/C24H25ClN2O4S2/c1-17-4-2-5-20(14-17)31-16-19-9-7-18(8-10-19)15-26-24(28)21-6-3-13-27(21)33(29,30)23-12-11-22(25)32-23/h2,4-5,7-12,14,21H,3,6,13,15-16H2,1H3,(H,26,28)/t21-/m0/s1. The lowest BCUT2D eigenvalue weighted by Crippen LogP contribution is -2.45. The number of nitrogens with zero attached hydrogens (tertiary/aromatic N) is 1. The number of carbonyl (C=O) groups excluding carboxylic acids is 1. The molecule has 6 nitrogen and oxygen atoms in total. The van der Waals surface area contributed by atoms with Crippen molar-refractivity contribution in [3.63, 3.8) is 0 Å². The third kappa shape index (κ3) is 5.76. The maximum absolute atomic E-state index is 12.9. The summed E-state index contributed by atoms with van der Waals surface area (Å²) in [5.41, 5.74) is 3.10. The molecule has 0 radical (unpaired) electrons. The second kappa shape index (κ2) is 10.3. The lowest BCUT2D eigenvalue weighted by molar-refractivity contribution is -0.124. The largest absolute Gasteiger partial charge is 0.489 e. The highest BCUT2D eigenvalue weighted by atomic mass is 35.5. The number of benzene rings is 2. The highest BCUT2D eigenvalue weighted by Crippen LogP contribution is 2.32. The van der Waals surface area contributed by atoms with Crippen LogP contribution in [0, 0.1) is 6.92 Å². The van der Waals surface area contributed by atoms with Crippen LogP contribution in [0.4, 0.5) is 0 Å². The lowest BCUT2D eigenvalue weighted by Gasteiger charge is -2.22. The predicted molar refractivity (Wildman–Crippen MR) is 130 cm³/mol. The normalized spacial score (nSPS) is 16.6. The summed E-state index contributed by atoms with van der Waals surface area (Å²) in [7, 11) is -3.74. The van der Waals surface area contributed by atoms with Crippen molar-refractivity contribution in [1.29, 1.82) is 0 Å². The van der Waals surface area contributed by atoms with E-state index in [1.165, 1.54) is 10.4 Å². The SMILES string of the molecule is Cc1cccc(OCc2ccc(CNC(=O)[C@@H]3CCCN3S(=O)(=O)c3ccc(Cl)s3)cc2)c1. The van der Waals surface area contributed by atoms with Crippen LogP contribution in [-0.2, 0) is 28.0 Å². The number of aryl methyl sites for hydroxylation is 1. The van der Waals surface area contributed by atoms with E-state index in [4.69, 9.17) is 16.3 Å². The van der Waals surface area contributed by atoms with Crippen molar-refractivity contribution >= 4 is 38.9 Å². The van der Waals surface area contributed by atoms with Crippen molar-refractivity contribution in [3.05, 3.63) is 81.7 Å². The second-order valence-corrected chi connectivity index (χ2v) is 11.8. The Morgan fingerprint density at radius 1 is 1.15 bits per heavy atom. The molecular weight excluding hydrogens is 480 g/mol. The van der Waals surface area contributed by atoms with Crippen LogP contribution < -0.4 is 10.1 Å². The number of halogens is 1. The van der Waals surface area contributed by atoms with E-state index in [9.17, 15) is 13.2 Å². The molecule has 1 N–H and O–H groups in total. The van der Waals surface area contributed by atoms with Crippen LogP contribution in [0.2, 0.25) is 4.34 Å². The molecule has 1 aliphatic heterocycles. The van der Waals surface area contributed by atoms with Gasteiger partial charge in [-0.05, 0) is 60.7 Å². The first-order valence-corrected chi connectivity index (χ1v) is 13.3. The summed E-state index contributed by atoms with van der Waals surface area (Å²) < 4.78 is 33.6. The molecule has 0 bridgehead atoms. The molecule has 0 saturated carbocycles. The van der Waals surface area contributed by atoms with Gasteiger partial charge in [0.05, 0.1) is 4.34 Å². The molecule has 9 heteroatoms. The van der Waals surface area contributed by atoms with Crippen molar-refractivity contribution in [3.8, 4) is 5.75 Å². The third-order valence-electron chi connectivity index (χ3n) is 5.50. The zero-order valence-corrected chi connectivity index (χ0v) is 20.5. The number of sulfonamides is 1. The first kappa shape index (κ1) is 23.8. The van der Waals surface area contributed by atoms with Gasteiger partial charge >= 0.3 is 0 Å². The number of nitrogens with one attached hydrogen (secondary N) is 1. The average molecular weight is 505 g/mol. The summed E-state index contributed by atoms with van der Waals surface area (Å²) in [4.78, 5) is 12.8. The quantitative estimate of drug-likeness (QED) is 0.480. The van der Waals surface area contributed by atoms with Crippen LogP contribution in [0.3, 0.4) is 0 Å². The first-order valence-electron chi connectivity index (χ1n) is 10.6. The molecule has 1 amide bonds. The number of carbonyl (C=O) groups is 1. The molecule has 4 rings (SSSR count). The molecule has 0 spiro atoms. The van der Waals surface area contributed by atoms with E-state index in [2.05, 4.69) is 5.32 Å². The summed E-state index contributed by atoms with van der Waals surface area (Å²) in [5, 5.41) is 2.88. The van der Waals surface area contributed by atoms with Gasteiger partial charge in [-0.1, -0.05) is 48.0 Å². The summed E-state index contributed by atoms with van der Waals surface area (Å²) in [6, 6.07) is 18.0. The topological polar surface area (TPSA) is 75.7 Å². The lowest BCUT2D eigenvalue weighted by atomic mass is 10.1. The van der Waals surface area contributed by atoms with Gasteiger partial charge < -0.3 is 10.1 Å². The van der Waals surface area contributed by atoms with Crippen molar-refractivity contribution in [2.45, 2.75) is 43.2 Å². The third-order valence-corrected chi connectivity index (χ3v) is 9.11. The van der Waals surface area contributed by atoms with E-state index >= 15 is 0 Å². The Kier molecular flexibility index (Phi) is 7.38. The van der Waals surface area contributed by atoms with E-state index in [1.807, 2.05) is 55.5 Å². The van der Waals surface area contributed by atoms with Crippen LogP contribution >= 0.6 is 22.9 Å². The van der Waals surface area contributed by atoms with Gasteiger partial charge in [0.25, 0.3) is 10.0 Å². The van der Waals surface area contributed by atoms with Crippen LogP contribution in [0.1, 0.15) is 29.5 Å². The highest BCUT2D eigenvalue weighted by Gasteiger charge is 2.39.